The summed E-state index contributed by atoms with van der Waals surface area (Å²) in [6.07, 6.45) is 0. The third kappa shape index (κ3) is 1.93. The first-order chi connectivity index (χ1) is 8.73. The summed E-state index contributed by atoms with van der Waals surface area (Å²) in [5.74, 6) is 0. The van der Waals surface area contributed by atoms with Gasteiger partial charge in [-0.25, -0.2) is 13.4 Å². The molecule has 1 aromatic rings. The van der Waals surface area contributed by atoms with E-state index in [4.69, 9.17) is 4.84 Å². The van der Waals surface area contributed by atoms with Crippen molar-refractivity contribution in [1.29, 1.82) is 0 Å². The number of aromatic nitrogens is 1. The lowest BCUT2D eigenvalue weighted by atomic mass is 10.0. The molecule has 0 N–H and O–H groups in total. The second kappa shape index (κ2) is 4.45. The Morgan fingerprint density at radius 3 is 2.63 bits per heavy atom. The molecular formula is C11H14BrN3O3S. The van der Waals surface area contributed by atoms with Gasteiger partial charge in [0.1, 0.15) is 27.9 Å². The lowest BCUT2D eigenvalue weighted by molar-refractivity contribution is 0.212. The van der Waals surface area contributed by atoms with E-state index in [0.29, 0.717) is 21.7 Å². The fourth-order valence-electron chi connectivity index (χ4n) is 1.98. The number of sulfonamides is 1. The highest BCUT2D eigenvalue weighted by atomic mass is 79.9. The lowest BCUT2D eigenvalue weighted by Gasteiger charge is -2.37. The summed E-state index contributed by atoms with van der Waals surface area (Å²) in [4.78, 5) is 9.12. The molecule has 0 bridgehead atoms. The van der Waals surface area contributed by atoms with Crippen LogP contribution in [0.3, 0.4) is 0 Å². The van der Waals surface area contributed by atoms with Crippen LogP contribution in [0.1, 0.15) is 19.5 Å². The van der Waals surface area contributed by atoms with E-state index < -0.39 is 14.8 Å². The summed E-state index contributed by atoms with van der Waals surface area (Å²) in [5, 5.41) is 3.88. The zero-order chi connectivity index (χ0) is 14.4. The molecule has 0 atom stereocenters. The maximum Gasteiger partial charge on any atom is 0.246 e. The van der Waals surface area contributed by atoms with Crippen molar-refractivity contribution in [2.24, 2.45) is 5.16 Å². The molecule has 1 aliphatic rings. The van der Waals surface area contributed by atoms with E-state index in [0.717, 1.165) is 0 Å². The second-order valence-electron chi connectivity index (χ2n) is 4.61. The molecule has 19 heavy (non-hydrogen) atoms. The molecule has 0 saturated carbocycles. The summed E-state index contributed by atoms with van der Waals surface area (Å²) in [5.41, 5.74) is 1.28. The monoisotopic (exact) mass is 347 g/mol. The van der Waals surface area contributed by atoms with Gasteiger partial charge in [0.2, 0.25) is 10.0 Å². The van der Waals surface area contributed by atoms with Gasteiger partial charge in [-0.2, -0.15) is 0 Å². The van der Waals surface area contributed by atoms with Gasteiger partial charge in [-0.3, -0.25) is 4.31 Å². The third-order valence-corrected chi connectivity index (χ3v) is 6.00. The van der Waals surface area contributed by atoms with Crippen LogP contribution >= 0.6 is 15.9 Å². The summed E-state index contributed by atoms with van der Waals surface area (Å²) < 4.78 is 25.7. The van der Waals surface area contributed by atoms with Crippen molar-refractivity contribution >= 4 is 37.4 Å². The van der Waals surface area contributed by atoms with Crippen molar-refractivity contribution in [1.82, 2.24) is 4.98 Å². The number of fused-ring (bicyclic) bond motifs is 1. The number of rotatable bonds is 1. The Labute approximate surface area is 120 Å². The van der Waals surface area contributed by atoms with E-state index in [1.54, 1.807) is 26.0 Å². The van der Waals surface area contributed by atoms with Crippen LogP contribution in [-0.4, -0.2) is 38.0 Å². The van der Waals surface area contributed by atoms with Gasteiger partial charge in [-0.1, -0.05) is 5.16 Å². The number of hydrogen-bond acceptors (Lipinski definition) is 5. The third-order valence-electron chi connectivity index (χ3n) is 3.16. The van der Waals surface area contributed by atoms with Crippen molar-refractivity contribution in [2.45, 2.75) is 18.6 Å². The van der Waals surface area contributed by atoms with Crippen LogP contribution in [0.5, 0.6) is 0 Å². The number of oxime groups is 1. The van der Waals surface area contributed by atoms with Crippen LogP contribution in [0.15, 0.2) is 21.9 Å². The van der Waals surface area contributed by atoms with Gasteiger partial charge in [0.05, 0.1) is 5.69 Å². The molecule has 0 radical (unpaired) electrons. The van der Waals surface area contributed by atoms with Crippen LogP contribution in [0.4, 0.5) is 5.69 Å². The first kappa shape index (κ1) is 14.3. The van der Waals surface area contributed by atoms with Crippen LogP contribution < -0.4 is 4.31 Å². The standard InChI is InChI=1S/C11H14BrN3O3S/c1-11(2)10(14-18-4)9-7(5-6-8(12)13-9)15(3)19(11,16)17/h5-6H,1-4H3/b14-10-. The Hall–Kier alpha value is -1.15. The van der Waals surface area contributed by atoms with E-state index in [9.17, 15) is 8.42 Å². The maximum atomic E-state index is 12.5. The fourth-order valence-corrected chi connectivity index (χ4v) is 3.76. The Balaban J connectivity index is 2.85. The van der Waals surface area contributed by atoms with Crippen LogP contribution in [0.2, 0.25) is 0 Å². The Bertz CT molecular complexity index is 655. The van der Waals surface area contributed by atoms with E-state index in [1.165, 1.54) is 18.5 Å². The first-order valence-corrected chi connectivity index (χ1v) is 7.74. The molecule has 0 saturated heterocycles. The minimum absolute atomic E-state index is 0.296. The van der Waals surface area contributed by atoms with Crippen molar-refractivity contribution in [3.05, 3.63) is 22.4 Å². The van der Waals surface area contributed by atoms with Gasteiger partial charge >= 0.3 is 0 Å². The van der Waals surface area contributed by atoms with Gasteiger partial charge in [-0.15, -0.1) is 0 Å². The summed E-state index contributed by atoms with van der Waals surface area (Å²) in [6.45, 7) is 3.17. The molecule has 0 spiro atoms. The Kier molecular flexibility index (Phi) is 3.34. The first-order valence-electron chi connectivity index (χ1n) is 5.50. The summed E-state index contributed by atoms with van der Waals surface area (Å²) >= 11 is 3.28. The van der Waals surface area contributed by atoms with Crippen molar-refractivity contribution in [3.63, 3.8) is 0 Å². The Morgan fingerprint density at radius 2 is 2.05 bits per heavy atom. The molecule has 1 aliphatic heterocycles. The molecule has 0 unspecified atom stereocenters. The van der Waals surface area contributed by atoms with Gasteiger partial charge in [0.25, 0.3) is 0 Å². The summed E-state index contributed by atoms with van der Waals surface area (Å²) in [7, 11) is -0.680. The highest BCUT2D eigenvalue weighted by Gasteiger charge is 2.49. The van der Waals surface area contributed by atoms with E-state index in [2.05, 4.69) is 26.1 Å². The Morgan fingerprint density at radius 1 is 1.42 bits per heavy atom. The number of halogens is 1. The number of anilines is 1. The van der Waals surface area contributed by atoms with Gasteiger partial charge < -0.3 is 4.84 Å². The largest absolute Gasteiger partial charge is 0.399 e. The quantitative estimate of drug-likeness (QED) is 0.573. The van der Waals surface area contributed by atoms with Crippen LogP contribution in [0, 0.1) is 0 Å². The maximum absolute atomic E-state index is 12.5. The van der Waals surface area contributed by atoms with Gasteiger partial charge in [0, 0.05) is 7.05 Å². The van der Waals surface area contributed by atoms with E-state index in [-0.39, 0.29) is 0 Å². The number of nitrogens with zero attached hydrogens (tertiary/aromatic N) is 3. The summed E-state index contributed by atoms with van der Waals surface area (Å²) in [6, 6.07) is 3.37. The zero-order valence-electron chi connectivity index (χ0n) is 11.0. The lowest BCUT2D eigenvalue weighted by Crippen LogP contribution is -2.53. The van der Waals surface area contributed by atoms with Crippen LogP contribution in [-0.2, 0) is 14.9 Å². The SMILES string of the molecule is CO/N=C1/c2nc(Br)ccc2N(C)S(=O)(=O)C1(C)C. The highest BCUT2D eigenvalue weighted by Crippen LogP contribution is 2.37. The van der Waals surface area contributed by atoms with E-state index in [1.807, 2.05) is 0 Å². The predicted octanol–water partition coefficient (Wildman–Crippen LogP) is 1.75. The molecule has 104 valence electrons. The zero-order valence-corrected chi connectivity index (χ0v) is 13.4. The number of pyridine rings is 1. The minimum atomic E-state index is -3.57. The molecule has 0 amide bonds. The van der Waals surface area contributed by atoms with Gasteiger partial charge in [0.15, 0.2) is 0 Å². The topological polar surface area (TPSA) is 71.9 Å². The molecular weight excluding hydrogens is 334 g/mol. The number of hydrogen-bond donors (Lipinski definition) is 0. The molecule has 0 fully saturated rings. The van der Waals surface area contributed by atoms with Gasteiger partial charge in [-0.05, 0) is 41.9 Å². The van der Waals surface area contributed by atoms with Crippen molar-refractivity contribution in [2.75, 3.05) is 18.5 Å². The fraction of sp³-hybridized carbons (Fsp3) is 0.455. The molecule has 0 aromatic carbocycles. The normalized spacial score (nSPS) is 22.2. The molecule has 2 heterocycles. The average molecular weight is 348 g/mol. The molecule has 8 heteroatoms. The average Bonchev–Trinajstić information content (AvgIpc) is 2.33. The van der Waals surface area contributed by atoms with E-state index >= 15 is 0 Å². The molecule has 2 rings (SSSR count). The highest BCUT2D eigenvalue weighted by molar-refractivity contribution is 9.10. The molecule has 0 aliphatic carbocycles. The molecule has 6 nitrogen and oxygen atoms in total. The smallest absolute Gasteiger partial charge is 0.246 e. The molecule has 1 aromatic heterocycles. The second-order valence-corrected chi connectivity index (χ2v) is 7.94. The van der Waals surface area contributed by atoms with Crippen molar-refractivity contribution in [3.8, 4) is 0 Å². The van der Waals surface area contributed by atoms with Crippen LogP contribution in [0.25, 0.3) is 0 Å². The predicted molar refractivity (Wildman–Crippen MR) is 76.9 cm³/mol. The minimum Gasteiger partial charge on any atom is -0.399 e. The van der Waals surface area contributed by atoms with Crippen molar-refractivity contribution < 1.29 is 13.3 Å².